The fourth-order valence-corrected chi connectivity index (χ4v) is 5.97. The van der Waals surface area contributed by atoms with E-state index in [-0.39, 0.29) is 29.6 Å². The second kappa shape index (κ2) is 12.3. The summed E-state index contributed by atoms with van der Waals surface area (Å²) < 4.78 is 45.8. The van der Waals surface area contributed by atoms with Crippen molar-refractivity contribution in [2.45, 2.75) is 76.2 Å². The van der Waals surface area contributed by atoms with Crippen molar-refractivity contribution in [2.24, 2.45) is 0 Å². The first-order valence-electron chi connectivity index (χ1n) is 13.3. The molecule has 0 unspecified atom stereocenters. The third kappa shape index (κ3) is 8.45. The van der Waals surface area contributed by atoms with Crippen LogP contribution < -0.4 is 10.2 Å². The van der Waals surface area contributed by atoms with Gasteiger partial charge in [-0.25, -0.2) is 18.7 Å². The molecule has 2 amide bonds. The summed E-state index contributed by atoms with van der Waals surface area (Å²) in [4.78, 5) is 27.6. The summed E-state index contributed by atoms with van der Waals surface area (Å²) in [5.74, 6) is 0.314. The number of hydroxylamine groups is 1. The third-order valence-corrected chi connectivity index (χ3v) is 13.4. The van der Waals surface area contributed by atoms with Gasteiger partial charge in [0.25, 0.3) is 5.91 Å². The summed E-state index contributed by atoms with van der Waals surface area (Å²) in [5.41, 5.74) is 1.76. The van der Waals surface area contributed by atoms with Crippen LogP contribution in [0.5, 0.6) is 11.5 Å². The van der Waals surface area contributed by atoms with Gasteiger partial charge in [0.15, 0.2) is 0 Å². The molecule has 3 rings (SSSR count). The Labute approximate surface area is 249 Å². The minimum Gasteiger partial charge on any atom is -0.457 e. The summed E-state index contributed by atoms with van der Waals surface area (Å²) in [5, 5.41) is 0.371. The molecule has 2 aromatic rings. The highest BCUT2D eigenvalue weighted by molar-refractivity contribution is 7.89. The number of piperazine rings is 1. The molecule has 0 radical (unpaired) electrons. The first-order valence-corrected chi connectivity index (χ1v) is 18.0. The summed E-state index contributed by atoms with van der Waals surface area (Å²) >= 11 is 5.92. The third-order valence-electron chi connectivity index (χ3n) is 6.98. The maximum Gasteiger partial charge on any atom is 0.410 e. The average Bonchev–Trinajstić information content (AvgIpc) is 2.87. The first-order chi connectivity index (χ1) is 18.8. The number of carbonyl (C=O) groups excluding carboxylic acids is 2. The predicted octanol–water partition coefficient (Wildman–Crippen LogP) is 5.80. The van der Waals surface area contributed by atoms with E-state index in [1.807, 2.05) is 33.9 Å². The highest BCUT2D eigenvalue weighted by Gasteiger charge is 2.44. The van der Waals surface area contributed by atoms with Gasteiger partial charge in [-0.2, -0.15) is 4.31 Å². The minimum absolute atomic E-state index is 0.0187. The largest absolute Gasteiger partial charge is 0.457 e. The van der Waals surface area contributed by atoms with E-state index in [1.165, 1.54) is 29.2 Å². The van der Waals surface area contributed by atoms with Gasteiger partial charge in [-0.15, -0.1) is 0 Å². The molecular weight excluding hydrogens is 586 g/mol. The van der Waals surface area contributed by atoms with Gasteiger partial charge in [0.1, 0.15) is 23.1 Å². The molecule has 0 bridgehead atoms. The Morgan fingerprint density at radius 3 is 1.98 bits per heavy atom. The Balaban J connectivity index is 1.85. The topological polar surface area (TPSA) is 114 Å². The quantitative estimate of drug-likeness (QED) is 0.306. The number of nitrogens with one attached hydrogen (secondary N) is 1. The molecule has 1 atom stereocenters. The lowest BCUT2D eigenvalue weighted by Gasteiger charge is -2.41. The van der Waals surface area contributed by atoms with Crippen LogP contribution >= 0.6 is 11.6 Å². The number of amides is 2. The molecule has 1 heterocycles. The number of hydrogen-bond donors (Lipinski definition) is 1. The number of sulfonamides is 1. The molecule has 2 aromatic carbocycles. The Hall–Kier alpha value is -2.64. The fourth-order valence-electron chi connectivity index (χ4n) is 3.61. The standard InChI is InChI=1S/C28H40ClN3O7SSi/c1-27(2,3)38-26(34)31-17-18-32(24(19-31)25(33)30-39-41(7,8)28(4,5)6)40(35,36)23-15-13-22(14-16-23)37-21-11-9-20(29)10-12-21/h9-16,24H,17-19H2,1-8H3,(H,30,33)/t24-/m1/s1. The molecular formula is C28H40ClN3O7SSi. The number of nitrogens with zero attached hydrogens (tertiary/aromatic N) is 2. The zero-order valence-corrected chi connectivity index (χ0v) is 27.4. The van der Waals surface area contributed by atoms with Gasteiger partial charge in [0.05, 0.1) is 4.90 Å². The van der Waals surface area contributed by atoms with Crippen LogP contribution in [0.4, 0.5) is 4.79 Å². The molecule has 0 spiro atoms. The van der Waals surface area contributed by atoms with E-state index in [0.29, 0.717) is 16.5 Å². The van der Waals surface area contributed by atoms with Crippen molar-refractivity contribution in [2.75, 3.05) is 19.6 Å². The van der Waals surface area contributed by atoms with Gasteiger partial charge >= 0.3 is 6.09 Å². The van der Waals surface area contributed by atoms with Crippen molar-refractivity contribution in [1.82, 2.24) is 14.7 Å². The van der Waals surface area contributed by atoms with Gasteiger partial charge in [-0.3, -0.25) is 4.79 Å². The summed E-state index contributed by atoms with van der Waals surface area (Å²) in [7, 11) is -6.54. The van der Waals surface area contributed by atoms with E-state index >= 15 is 0 Å². The summed E-state index contributed by atoms with van der Waals surface area (Å²) in [6.45, 7) is 15.0. The number of rotatable bonds is 7. The van der Waals surface area contributed by atoms with E-state index < -0.39 is 42.0 Å². The Bertz CT molecular complexity index is 1340. The second-order valence-electron chi connectivity index (χ2n) is 12.4. The van der Waals surface area contributed by atoms with Crippen molar-refractivity contribution >= 4 is 41.9 Å². The van der Waals surface area contributed by atoms with Crippen LogP contribution in [-0.2, 0) is 24.1 Å². The van der Waals surface area contributed by atoms with Crippen LogP contribution in [0.2, 0.25) is 23.2 Å². The lowest BCUT2D eigenvalue weighted by Crippen LogP contribution is -2.62. The predicted molar refractivity (Wildman–Crippen MR) is 160 cm³/mol. The van der Waals surface area contributed by atoms with E-state index in [0.717, 1.165) is 4.31 Å². The van der Waals surface area contributed by atoms with Crippen LogP contribution in [0, 0.1) is 0 Å². The molecule has 226 valence electrons. The second-order valence-corrected chi connectivity index (χ2v) is 19.5. The maximum atomic E-state index is 13.8. The van der Waals surface area contributed by atoms with Crippen LogP contribution in [0.15, 0.2) is 53.4 Å². The van der Waals surface area contributed by atoms with Crippen LogP contribution in [-0.4, -0.2) is 69.2 Å². The monoisotopic (exact) mass is 625 g/mol. The molecule has 13 heteroatoms. The van der Waals surface area contributed by atoms with Gasteiger partial charge in [0.2, 0.25) is 18.3 Å². The number of carbonyl (C=O) groups is 2. The fraction of sp³-hybridized carbons (Fsp3) is 0.500. The molecule has 1 N–H and O–H groups in total. The van der Waals surface area contributed by atoms with Gasteiger partial charge in [0, 0.05) is 24.7 Å². The van der Waals surface area contributed by atoms with Crippen molar-refractivity contribution in [3.05, 3.63) is 53.6 Å². The molecule has 0 saturated carbocycles. The average molecular weight is 626 g/mol. The van der Waals surface area contributed by atoms with E-state index in [2.05, 4.69) is 5.48 Å². The number of ether oxygens (including phenoxy) is 2. The maximum absolute atomic E-state index is 13.8. The summed E-state index contributed by atoms with van der Waals surface area (Å²) in [6, 6.07) is 11.4. The van der Waals surface area contributed by atoms with Gasteiger partial charge in [-0.1, -0.05) is 32.4 Å². The zero-order valence-electron chi connectivity index (χ0n) is 24.9. The van der Waals surface area contributed by atoms with E-state index in [4.69, 9.17) is 25.6 Å². The molecule has 1 saturated heterocycles. The number of hydrogen-bond acceptors (Lipinski definition) is 7. The number of benzene rings is 2. The molecule has 1 fully saturated rings. The van der Waals surface area contributed by atoms with E-state index in [9.17, 15) is 18.0 Å². The molecule has 0 aliphatic carbocycles. The normalized spacial score (nSPS) is 17.2. The molecule has 1 aliphatic rings. The lowest BCUT2D eigenvalue weighted by molar-refractivity contribution is -0.133. The van der Waals surface area contributed by atoms with Crippen LogP contribution in [0.25, 0.3) is 0 Å². The minimum atomic E-state index is -4.14. The number of halogens is 1. The smallest absolute Gasteiger partial charge is 0.410 e. The van der Waals surface area contributed by atoms with Gasteiger partial charge in [-0.05, 0) is 87.4 Å². The van der Waals surface area contributed by atoms with Crippen LogP contribution in [0.3, 0.4) is 0 Å². The Morgan fingerprint density at radius 1 is 0.927 bits per heavy atom. The van der Waals surface area contributed by atoms with E-state index in [1.54, 1.807) is 45.0 Å². The Morgan fingerprint density at radius 2 is 1.46 bits per heavy atom. The SMILES string of the molecule is CC(C)(C)OC(=O)N1CCN(S(=O)(=O)c2ccc(Oc3ccc(Cl)cc3)cc2)[C@@H](C(=O)NO[Si](C)(C)C(C)(C)C)C1. The van der Waals surface area contributed by atoms with Crippen molar-refractivity contribution < 1.29 is 32.0 Å². The Kier molecular flexibility index (Phi) is 9.86. The zero-order chi connectivity index (χ0) is 30.8. The lowest BCUT2D eigenvalue weighted by atomic mass is 10.2. The highest BCUT2D eigenvalue weighted by atomic mass is 35.5. The van der Waals surface area contributed by atoms with Crippen LogP contribution in [0.1, 0.15) is 41.5 Å². The summed E-state index contributed by atoms with van der Waals surface area (Å²) in [6.07, 6.45) is -0.624. The van der Waals surface area contributed by atoms with Crippen molar-refractivity contribution in [1.29, 1.82) is 0 Å². The molecule has 10 nitrogen and oxygen atoms in total. The van der Waals surface area contributed by atoms with Crippen molar-refractivity contribution in [3.63, 3.8) is 0 Å². The van der Waals surface area contributed by atoms with Crippen molar-refractivity contribution in [3.8, 4) is 11.5 Å². The first kappa shape index (κ1) is 32.9. The van der Waals surface area contributed by atoms with Gasteiger partial charge < -0.3 is 18.9 Å². The molecule has 1 aliphatic heterocycles. The highest BCUT2D eigenvalue weighted by Crippen LogP contribution is 2.36. The molecule has 41 heavy (non-hydrogen) atoms. The molecule has 0 aromatic heterocycles.